The lowest BCUT2D eigenvalue weighted by Gasteiger charge is -2.39. The predicted molar refractivity (Wildman–Crippen MR) is 143 cm³/mol. The van der Waals surface area contributed by atoms with E-state index in [2.05, 4.69) is 10.2 Å². The van der Waals surface area contributed by atoms with Crippen LogP contribution in [0.1, 0.15) is 24.0 Å². The van der Waals surface area contributed by atoms with Gasteiger partial charge >= 0.3 is 12.2 Å². The molecule has 2 fully saturated rings. The lowest BCUT2D eigenvalue weighted by molar-refractivity contribution is -0.137. The maximum Gasteiger partial charge on any atom is 0.416 e. The van der Waals surface area contributed by atoms with Gasteiger partial charge in [0.1, 0.15) is 11.5 Å². The third-order valence-electron chi connectivity index (χ3n) is 7.20. The minimum absolute atomic E-state index is 0.194. The second-order valence-corrected chi connectivity index (χ2v) is 10.1. The molecule has 2 heterocycles. The smallest absolute Gasteiger partial charge is 0.416 e. The third kappa shape index (κ3) is 6.16. The van der Waals surface area contributed by atoms with Crippen molar-refractivity contribution >= 4 is 23.3 Å². The highest BCUT2D eigenvalue weighted by Gasteiger charge is 2.48. The standard InChI is InChI=1S/C29H29ClF3N3O3/c30-23-5-9-25(10-6-23)39-26-11-7-24(8-12-26)36-27(37)34-20-28(36,13-2-14-35-15-17-38-18-16-35)21-3-1-4-22(19-21)29(31,32)33/h1,3-12,19H,2,13-18,20H2,(H,34,37). The number of carbonyl (C=O) groups excluding carboxylic acids is 1. The molecule has 1 atom stereocenters. The van der Waals surface area contributed by atoms with Crippen LogP contribution in [0.3, 0.4) is 0 Å². The van der Waals surface area contributed by atoms with Gasteiger partial charge in [0.15, 0.2) is 0 Å². The van der Waals surface area contributed by atoms with Crippen molar-refractivity contribution in [3.05, 3.63) is 88.9 Å². The molecule has 6 nitrogen and oxygen atoms in total. The maximum atomic E-state index is 13.7. The van der Waals surface area contributed by atoms with E-state index in [1.807, 2.05) is 0 Å². The monoisotopic (exact) mass is 559 g/mol. The second kappa shape index (κ2) is 11.5. The van der Waals surface area contributed by atoms with E-state index in [4.69, 9.17) is 21.1 Å². The number of hydrogen-bond acceptors (Lipinski definition) is 4. The number of carbonyl (C=O) groups is 1. The largest absolute Gasteiger partial charge is 0.457 e. The fourth-order valence-corrected chi connectivity index (χ4v) is 5.35. The van der Waals surface area contributed by atoms with Gasteiger partial charge in [-0.2, -0.15) is 13.2 Å². The van der Waals surface area contributed by atoms with Gasteiger partial charge in [-0.25, -0.2) is 4.79 Å². The van der Waals surface area contributed by atoms with E-state index in [9.17, 15) is 18.0 Å². The van der Waals surface area contributed by atoms with Crippen LogP contribution in [0.2, 0.25) is 5.02 Å². The Kier molecular flexibility index (Phi) is 8.02. The van der Waals surface area contributed by atoms with E-state index in [0.717, 1.165) is 25.7 Å². The highest BCUT2D eigenvalue weighted by molar-refractivity contribution is 6.30. The molecule has 0 aliphatic carbocycles. The molecule has 0 radical (unpaired) electrons. The Labute approximate surface area is 230 Å². The number of halogens is 4. The molecule has 0 spiro atoms. The molecule has 10 heteroatoms. The number of rotatable bonds is 8. The van der Waals surface area contributed by atoms with E-state index < -0.39 is 17.3 Å². The van der Waals surface area contributed by atoms with Gasteiger partial charge in [0.2, 0.25) is 0 Å². The summed E-state index contributed by atoms with van der Waals surface area (Å²) < 4.78 is 52.4. The van der Waals surface area contributed by atoms with Crippen molar-refractivity contribution in [3.63, 3.8) is 0 Å². The Bertz CT molecular complexity index is 1280. The van der Waals surface area contributed by atoms with Crippen molar-refractivity contribution in [1.82, 2.24) is 10.2 Å². The molecule has 2 saturated heterocycles. The Morgan fingerprint density at radius 3 is 2.31 bits per heavy atom. The summed E-state index contributed by atoms with van der Waals surface area (Å²) in [5, 5.41) is 3.49. The van der Waals surface area contributed by atoms with Gasteiger partial charge in [-0.15, -0.1) is 0 Å². The zero-order chi connectivity index (χ0) is 27.5. The highest BCUT2D eigenvalue weighted by atomic mass is 35.5. The van der Waals surface area contributed by atoms with Crippen molar-refractivity contribution < 1.29 is 27.4 Å². The topological polar surface area (TPSA) is 54.0 Å². The van der Waals surface area contributed by atoms with Crippen molar-refractivity contribution in [2.24, 2.45) is 0 Å². The number of urea groups is 1. The van der Waals surface area contributed by atoms with Gasteiger partial charge in [-0.3, -0.25) is 9.80 Å². The average Bonchev–Trinajstić information content (AvgIpc) is 3.27. The molecule has 2 amide bonds. The van der Waals surface area contributed by atoms with Gasteiger partial charge in [-0.05, 0) is 85.6 Å². The molecule has 3 aromatic carbocycles. The molecule has 5 rings (SSSR count). The number of benzene rings is 3. The normalized spacial score (nSPS) is 20.2. The van der Waals surface area contributed by atoms with Crippen molar-refractivity contribution in [2.45, 2.75) is 24.6 Å². The molecule has 0 bridgehead atoms. The molecular formula is C29H29ClF3N3O3. The first-order chi connectivity index (χ1) is 18.7. The van der Waals surface area contributed by atoms with E-state index in [0.29, 0.717) is 53.8 Å². The van der Waals surface area contributed by atoms with E-state index in [-0.39, 0.29) is 12.6 Å². The van der Waals surface area contributed by atoms with Crippen LogP contribution in [0.25, 0.3) is 0 Å². The Morgan fingerprint density at radius 1 is 0.974 bits per heavy atom. The van der Waals surface area contributed by atoms with Gasteiger partial charge in [0.25, 0.3) is 0 Å². The first kappa shape index (κ1) is 27.3. The number of nitrogens with zero attached hydrogens (tertiary/aromatic N) is 2. The predicted octanol–water partition coefficient (Wildman–Crippen LogP) is 6.69. The molecule has 2 aliphatic rings. The molecule has 206 valence electrons. The molecule has 3 aromatic rings. The Hall–Kier alpha value is -3.27. The van der Waals surface area contributed by atoms with Gasteiger partial charge in [0, 0.05) is 30.3 Å². The number of alkyl halides is 3. The number of morpholine rings is 1. The minimum Gasteiger partial charge on any atom is -0.457 e. The summed E-state index contributed by atoms with van der Waals surface area (Å²) in [5.41, 5.74) is -0.724. The molecule has 1 unspecified atom stereocenters. The minimum atomic E-state index is -4.49. The summed E-state index contributed by atoms with van der Waals surface area (Å²) >= 11 is 5.94. The van der Waals surface area contributed by atoms with Crippen LogP contribution >= 0.6 is 11.6 Å². The molecule has 2 aliphatic heterocycles. The van der Waals surface area contributed by atoms with Crippen molar-refractivity contribution in [2.75, 3.05) is 44.3 Å². The lowest BCUT2D eigenvalue weighted by Crippen LogP contribution is -2.46. The quantitative estimate of drug-likeness (QED) is 0.334. The Balaban J connectivity index is 1.45. The molecule has 0 saturated carbocycles. The van der Waals surface area contributed by atoms with Crippen molar-refractivity contribution in [3.8, 4) is 11.5 Å². The van der Waals surface area contributed by atoms with E-state index >= 15 is 0 Å². The number of amides is 2. The van der Waals surface area contributed by atoms with Gasteiger partial charge in [0.05, 0.1) is 24.3 Å². The molecular weight excluding hydrogens is 531 g/mol. The van der Waals surface area contributed by atoms with Crippen LogP contribution in [0.5, 0.6) is 11.5 Å². The van der Waals surface area contributed by atoms with Crippen LogP contribution < -0.4 is 15.0 Å². The van der Waals surface area contributed by atoms with Crippen LogP contribution in [-0.4, -0.2) is 50.3 Å². The second-order valence-electron chi connectivity index (χ2n) is 9.71. The van der Waals surface area contributed by atoms with Crippen LogP contribution in [0, 0.1) is 0 Å². The first-order valence-corrected chi connectivity index (χ1v) is 13.2. The highest BCUT2D eigenvalue weighted by Crippen LogP contribution is 2.42. The zero-order valence-electron chi connectivity index (χ0n) is 21.2. The number of hydrogen-bond donors (Lipinski definition) is 1. The summed E-state index contributed by atoms with van der Waals surface area (Å²) in [6.45, 7) is 3.91. The van der Waals surface area contributed by atoms with Crippen LogP contribution in [-0.2, 0) is 16.5 Å². The van der Waals surface area contributed by atoms with E-state index in [1.54, 1.807) is 59.5 Å². The first-order valence-electron chi connectivity index (χ1n) is 12.8. The molecule has 39 heavy (non-hydrogen) atoms. The third-order valence-corrected chi connectivity index (χ3v) is 7.46. The fourth-order valence-electron chi connectivity index (χ4n) is 5.22. The Morgan fingerprint density at radius 2 is 1.64 bits per heavy atom. The lowest BCUT2D eigenvalue weighted by atomic mass is 9.83. The fraction of sp³-hybridized carbons (Fsp3) is 0.345. The molecule has 1 N–H and O–H groups in total. The van der Waals surface area contributed by atoms with Gasteiger partial charge < -0.3 is 14.8 Å². The average molecular weight is 560 g/mol. The molecule has 0 aromatic heterocycles. The van der Waals surface area contributed by atoms with E-state index in [1.165, 1.54) is 12.1 Å². The van der Waals surface area contributed by atoms with Crippen molar-refractivity contribution in [1.29, 1.82) is 0 Å². The zero-order valence-corrected chi connectivity index (χ0v) is 22.0. The summed E-state index contributed by atoms with van der Waals surface area (Å²) in [4.78, 5) is 17.1. The summed E-state index contributed by atoms with van der Waals surface area (Å²) in [5.74, 6) is 1.16. The number of anilines is 1. The SMILES string of the molecule is O=C1NCC(CCCN2CCOCC2)(c2cccc(C(F)(F)F)c2)N1c1ccc(Oc2ccc(Cl)cc2)cc1. The summed E-state index contributed by atoms with van der Waals surface area (Å²) in [6, 6.07) is 18.9. The summed E-state index contributed by atoms with van der Waals surface area (Å²) in [6.07, 6.45) is -3.32. The van der Waals surface area contributed by atoms with Crippen LogP contribution in [0.15, 0.2) is 72.8 Å². The summed E-state index contributed by atoms with van der Waals surface area (Å²) in [7, 11) is 0. The number of ether oxygens (including phenoxy) is 2. The van der Waals surface area contributed by atoms with Gasteiger partial charge in [-0.1, -0.05) is 23.7 Å². The number of nitrogens with one attached hydrogen (secondary N) is 1. The van der Waals surface area contributed by atoms with Crippen LogP contribution in [0.4, 0.5) is 23.7 Å². The maximum absolute atomic E-state index is 13.7.